The lowest BCUT2D eigenvalue weighted by atomic mass is 9.99. The van der Waals surface area contributed by atoms with Gasteiger partial charge in [-0.05, 0) is 30.5 Å². The van der Waals surface area contributed by atoms with Crippen LogP contribution in [-0.4, -0.2) is 36.8 Å². The van der Waals surface area contributed by atoms with Gasteiger partial charge in [-0.2, -0.15) is 9.57 Å². The lowest BCUT2D eigenvalue weighted by Gasteiger charge is -2.35. The summed E-state index contributed by atoms with van der Waals surface area (Å²) >= 11 is 2.76. The minimum Gasteiger partial charge on any atom is -0.206 e. The molecule has 1 aliphatic heterocycles. The number of rotatable bonds is 3. The molecule has 0 radical (unpaired) electrons. The highest BCUT2D eigenvalue weighted by Gasteiger charge is 2.38. The van der Waals surface area contributed by atoms with Gasteiger partial charge in [0, 0.05) is 13.1 Å². The van der Waals surface area contributed by atoms with Crippen molar-refractivity contribution in [2.24, 2.45) is 0 Å². The van der Waals surface area contributed by atoms with Crippen LogP contribution in [0, 0.1) is 11.3 Å². The van der Waals surface area contributed by atoms with Crippen molar-refractivity contribution in [2.75, 3.05) is 19.3 Å². The Morgan fingerprint density at radius 1 is 1.50 bits per heavy atom. The van der Waals surface area contributed by atoms with E-state index in [2.05, 4.69) is 6.07 Å². The highest BCUT2D eigenvalue weighted by Crippen LogP contribution is 2.35. The van der Waals surface area contributed by atoms with Crippen molar-refractivity contribution in [3.05, 3.63) is 17.5 Å². The molecule has 0 aliphatic carbocycles. The highest BCUT2D eigenvalue weighted by atomic mass is 32.2. The molecule has 0 amide bonds. The molecule has 1 aliphatic rings. The summed E-state index contributed by atoms with van der Waals surface area (Å²) in [5.41, 5.74) is 0. The van der Waals surface area contributed by atoms with Gasteiger partial charge >= 0.3 is 0 Å². The van der Waals surface area contributed by atoms with Crippen LogP contribution >= 0.6 is 23.1 Å². The van der Waals surface area contributed by atoms with Crippen molar-refractivity contribution in [1.29, 1.82) is 5.26 Å². The predicted octanol–water partition coefficient (Wildman–Crippen LogP) is 2.16. The Morgan fingerprint density at radius 3 is 2.61 bits per heavy atom. The zero-order valence-corrected chi connectivity index (χ0v) is 12.4. The Hall–Kier alpha value is -0.550. The topological polar surface area (TPSA) is 61.2 Å². The van der Waals surface area contributed by atoms with Crippen LogP contribution in [0.1, 0.15) is 12.8 Å². The summed E-state index contributed by atoms with van der Waals surface area (Å²) in [5.74, 6) is 0. The van der Waals surface area contributed by atoms with Crippen molar-refractivity contribution in [3.8, 4) is 6.07 Å². The first-order valence-corrected chi connectivity index (χ1v) is 9.09. The molecule has 1 aromatic heterocycles. The molecule has 18 heavy (non-hydrogen) atoms. The maximum atomic E-state index is 12.3. The first kappa shape index (κ1) is 13.9. The zero-order valence-electron chi connectivity index (χ0n) is 10.00. The number of piperidine rings is 1. The van der Waals surface area contributed by atoms with Crippen molar-refractivity contribution in [2.45, 2.75) is 21.8 Å². The average Bonchev–Trinajstić information content (AvgIpc) is 2.93. The Labute approximate surface area is 116 Å². The van der Waals surface area contributed by atoms with E-state index in [1.165, 1.54) is 27.4 Å². The Bertz CT molecular complexity index is 537. The molecule has 1 fully saturated rings. The van der Waals surface area contributed by atoms with Crippen LogP contribution in [0.3, 0.4) is 0 Å². The summed E-state index contributed by atoms with van der Waals surface area (Å²) in [6.45, 7) is 0.850. The lowest BCUT2D eigenvalue weighted by molar-refractivity contribution is 0.328. The standard InChI is InChI=1S/C11H14N2O2S3/c1-16-11(9-12)4-6-13(7-5-11)18(14,15)10-3-2-8-17-10/h2-3,8H,4-7H2,1H3. The molecule has 2 heterocycles. The Morgan fingerprint density at radius 2 is 2.17 bits per heavy atom. The van der Waals surface area contributed by atoms with Crippen LogP contribution in [0.15, 0.2) is 21.7 Å². The van der Waals surface area contributed by atoms with Crippen molar-refractivity contribution < 1.29 is 8.42 Å². The summed E-state index contributed by atoms with van der Waals surface area (Å²) in [5, 5.41) is 10.9. The number of hydrogen-bond donors (Lipinski definition) is 0. The normalized spacial score (nSPS) is 20.4. The Balaban J connectivity index is 2.14. The van der Waals surface area contributed by atoms with Crippen LogP contribution in [0.25, 0.3) is 0 Å². The molecule has 0 aromatic carbocycles. The minimum absolute atomic E-state index is 0.385. The van der Waals surface area contributed by atoms with Gasteiger partial charge in [-0.1, -0.05) is 6.07 Å². The van der Waals surface area contributed by atoms with E-state index < -0.39 is 14.8 Å². The number of hydrogen-bond acceptors (Lipinski definition) is 5. The molecule has 0 saturated carbocycles. The van der Waals surface area contributed by atoms with Crippen LogP contribution < -0.4 is 0 Å². The van der Waals surface area contributed by atoms with Crippen LogP contribution in [0.5, 0.6) is 0 Å². The van der Waals surface area contributed by atoms with E-state index in [9.17, 15) is 13.7 Å². The molecule has 0 bridgehead atoms. The maximum Gasteiger partial charge on any atom is 0.252 e. The summed E-state index contributed by atoms with van der Waals surface area (Å²) < 4.78 is 26.0. The van der Waals surface area contributed by atoms with Gasteiger partial charge in [0.25, 0.3) is 10.0 Å². The fourth-order valence-electron chi connectivity index (χ4n) is 1.99. The van der Waals surface area contributed by atoms with Gasteiger partial charge in [0.1, 0.15) is 8.96 Å². The fourth-order valence-corrected chi connectivity index (χ4v) is 5.25. The second-order valence-electron chi connectivity index (χ2n) is 4.15. The number of thioether (sulfide) groups is 1. The number of sulfonamides is 1. The van der Waals surface area contributed by atoms with Crippen LogP contribution in [-0.2, 0) is 10.0 Å². The monoisotopic (exact) mass is 302 g/mol. The van der Waals surface area contributed by atoms with E-state index in [0.29, 0.717) is 30.1 Å². The van der Waals surface area contributed by atoms with Crippen molar-refractivity contribution in [3.63, 3.8) is 0 Å². The lowest BCUT2D eigenvalue weighted by Crippen LogP contribution is -2.44. The Kier molecular flexibility index (Phi) is 4.02. The van der Waals surface area contributed by atoms with E-state index in [0.717, 1.165) is 0 Å². The third kappa shape index (κ3) is 2.43. The second kappa shape index (κ2) is 5.21. The summed E-state index contributed by atoms with van der Waals surface area (Å²) in [7, 11) is -3.35. The molecule has 4 nitrogen and oxygen atoms in total. The van der Waals surface area contributed by atoms with Crippen LogP contribution in [0.2, 0.25) is 0 Å². The van der Waals surface area contributed by atoms with Gasteiger partial charge in [0.15, 0.2) is 0 Å². The molecule has 98 valence electrons. The smallest absolute Gasteiger partial charge is 0.206 e. The molecule has 7 heteroatoms. The zero-order chi connectivity index (χ0) is 13.2. The van der Waals surface area contributed by atoms with Gasteiger partial charge in [0.2, 0.25) is 0 Å². The van der Waals surface area contributed by atoms with Gasteiger partial charge in [-0.3, -0.25) is 0 Å². The SMILES string of the molecule is CSC1(C#N)CCN(S(=O)(=O)c2cccs2)CC1. The summed E-state index contributed by atoms with van der Waals surface area (Å²) in [6, 6.07) is 5.68. The summed E-state index contributed by atoms with van der Waals surface area (Å²) in [6.07, 6.45) is 3.09. The van der Waals surface area contributed by atoms with Gasteiger partial charge < -0.3 is 0 Å². The molecule has 1 saturated heterocycles. The molecule has 1 aromatic rings. The number of nitrogens with zero attached hydrogens (tertiary/aromatic N) is 2. The fraction of sp³-hybridized carbons (Fsp3) is 0.545. The summed E-state index contributed by atoms with van der Waals surface area (Å²) in [4.78, 5) is 0. The third-order valence-corrected chi connectivity index (χ3v) is 7.77. The molecule has 0 spiro atoms. The largest absolute Gasteiger partial charge is 0.252 e. The van der Waals surface area contributed by atoms with Gasteiger partial charge in [0.05, 0.1) is 6.07 Å². The minimum atomic E-state index is -3.35. The molecular weight excluding hydrogens is 288 g/mol. The first-order valence-electron chi connectivity index (χ1n) is 5.54. The van der Waals surface area contributed by atoms with Gasteiger partial charge in [-0.15, -0.1) is 23.1 Å². The average molecular weight is 302 g/mol. The molecule has 0 N–H and O–H groups in total. The van der Waals surface area contributed by atoms with Crippen molar-refractivity contribution >= 4 is 33.1 Å². The van der Waals surface area contributed by atoms with E-state index >= 15 is 0 Å². The number of nitriles is 1. The van der Waals surface area contributed by atoms with Crippen LogP contribution in [0.4, 0.5) is 0 Å². The maximum absolute atomic E-state index is 12.3. The first-order chi connectivity index (χ1) is 8.54. The second-order valence-corrected chi connectivity index (χ2v) is 8.45. The molecule has 0 unspecified atom stereocenters. The molecule has 0 atom stereocenters. The van der Waals surface area contributed by atoms with Crippen molar-refractivity contribution in [1.82, 2.24) is 4.31 Å². The quantitative estimate of drug-likeness (QED) is 0.858. The molecule has 2 rings (SSSR count). The van der Waals surface area contributed by atoms with E-state index in [1.807, 2.05) is 6.26 Å². The molecular formula is C11H14N2O2S3. The van der Waals surface area contributed by atoms with Gasteiger partial charge in [-0.25, -0.2) is 8.42 Å². The highest BCUT2D eigenvalue weighted by molar-refractivity contribution is 8.00. The third-order valence-electron chi connectivity index (χ3n) is 3.21. The number of thiophene rings is 1. The van der Waals surface area contributed by atoms with E-state index in [1.54, 1.807) is 17.5 Å². The van der Waals surface area contributed by atoms with E-state index in [4.69, 9.17) is 0 Å². The van der Waals surface area contributed by atoms with E-state index in [-0.39, 0.29) is 0 Å². The predicted molar refractivity (Wildman–Crippen MR) is 74.2 cm³/mol.